The number of benzene rings is 1. The Labute approximate surface area is 93.8 Å². The molecule has 0 bridgehead atoms. The van der Waals surface area contributed by atoms with Crippen molar-refractivity contribution in [3.05, 3.63) is 39.9 Å². The fourth-order valence-electron chi connectivity index (χ4n) is 1.28. The number of amides is 1. The monoisotopic (exact) mass is 222 g/mol. The van der Waals surface area contributed by atoms with Gasteiger partial charge in [-0.3, -0.25) is 14.9 Å². The Morgan fingerprint density at radius 1 is 1.38 bits per heavy atom. The van der Waals surface area contributed by atoms with Crippen LogP contribution in [0.3, 0.4) is 0 Å². The zero-order valence-electron chi connectivity index (χ0n) is 9.29. The van der Waals surface area contributed by atoms with Gasteiger partial charge in [-0.05, 0) is 19.4 Å². The molecule has 0 aliphatic rings. The standard InChI is InChI=1S/C11H14N2O3/c1-9(2)12(8-14)7-10-3-5-11(6-4-10)13(15)16/h3-6,8-9H,7H2,1-2H3. The number of nitro groups is 1. The first kappa shape index (κ1) is 12.2. The summed E-state index contributed by atoms with van der Waals surface area (Å²) in [4.78, 5) is 22.4. The Bertz CT molecular complexity index is 373. The van der Waals surface area contributed by atoms with Crippen molar-refractivity contribution < 1.29 is 9.72 Å². The van der Waals surface area contributed by atoms with Crippen LogP contribution >= 0.6 is 0 Å². The third-order valence-electron chi connectivity index (χ3n) is 2.31. The molecular formula is C11H14N2O3. The summed E-state index contributed by atoms with van der Waals surface area (Å²) in [7, 11) is 0. The molecule has 86 valence electrons. The van der Waals surface area contributed by atoms with Gasteiger partial charge < -0.3 is 4.90 Å². The van der Waals surface area contributed by atoms with Crippen molar-refractivity contribution in [3.8, 4) is 0 Å². The maximum absolute atomic E-state index is 10.7. The number of nitrogens with zero attached hydrogens (tertiary/aromatic N) is 2. The van der Waals surface area contributed by atoms with E-state index in [4.69, 9.17) is 0 Å². The van der Waals surface area contributed by atoms with Gasteiger partial charge in [0.05, 0.1) is 4.92 Å². The van der Waals surface area contributed by atoms with Crippen LogP contribution in [-0.2, 0) is 11.3 Å². The van der Waals surface area contributed by atoms with Gasteiger partial charge in [-0.25, -0.2) is 0 Å². The van der Waals surface area contributed by atoms with Gasteiger partial charge in [0.1, 0.15) is 0 Å². The Balaban J connectivity index is 2.75. The third-order valence-corrected chi connectivity index (χ3v) is 2.31. The molecule has 1 aromatic carbocycles. The molecule has 1 amide bonds. The van der Waals surface area contributed by atoms with E-state index in [1.807, 2.05) is 13.8 Å². The molecule has 1 aromatic rings. The van der Waals surface area contributed by atoms with Crippen LogP contribution in [0, 0.1) is 10.1 Å². The second-order valence-electron chi connectivity index (χ2n) is 3.80. The number of nitro benzene ring substituents is 1. The lowest BCUT2D eigenvalue weighted by atomic mass is 10.2. The Hall–Kier alpha value is -1.91. The molecule has 0 heterocycles. The molecule has 5 nitrogen and oxygen atoms in total. The highest BCUT2D eigenvalue weighted by Crippen LogP contribution is 2.13. The van der Waals surface area contributed by atoms with Crippen molar-refractivity contribution in [3.63, 3.8) is 0 Å². The number of non-ortho nitro benzene ring substituents is 1. The highest BCUT2D eigenvalue weighted by molar-refractivity contribution is 5.48. The summed E-state index contributed by atoms with van der Waals surface area (Å²) in [6, 6.07) is 6.33. The maximum Gasteiger partial charge on any atom is 0.269 e. The summed E-state index contributed by atoms with van der Waals surface area (Å²) in [5.74, 6) is 0. The molecule has 0 N–H and O–H groups in total. The third kappa shape index (κ3) is 3.05. The average molecular weight is 222 g/mol. The molecule has 0 saturated heterocycles. The molecular weight excluding hydrogens is 208 g/mol. The van der Waals surface area contributed by atoms with E-state index in [0.29, 0.717) is 6.54 Å². The minimum Gasteiger partial charge on any atom is -0.339 e. The lowest BCUT2D eigenvalue weighted by molar-refractivity contribution is -0.384. The number of hydrogen-bond donors (Lipinski definition) is 0. The zero-order valence-corrected chi connectivity index (χ0v) is 9.29. The van der Waals surface area contributed by atoms with Gasteiger partial charge in [0, 0.05) is 24.7 Å². The van der Waals surface area contributed by atoms with E-state index in [9.17, 15) is 14.9 Å². The highest BCUT2D eigenvalue weighted by Gasteiger charge is 2.08. The van der Waals surface area contributed by atoms with Gasteiger partial charge in [-0.1, -0.05) is 12.1 Å². The van der Waals surface area contributed by atoms with Gasteiger partial charge in [0.15, 0.2) is 0 Å². The van der Waals surface area contributed by atoms with Crippen molar-refractivity contribution in [2.45, 2.75) is 26.4 Å². The molecule has 0 aliphatic heterocycles. The van der Waals surface area contributed by atoms with Crippen LogP contribution in [0.2, 0.25) is 0 Å². The van der Waals surface area contributed by atoms with Crippen molar-refractivity contribution in [2.24, 2.45) is 0 Å². The van der Waals surface area contributed by atoms with Crippen LogP contribution in [0.5, 0.6) is 0 Å². The molecule has 0 saturated carbocycles. The molecule has 0 fully saturated rings. The topological polar surface area (TPSA) is 63.5 Å². The van der Waals surface area contributed by atoms with E-state index in [1.54, 1.807) is 17.0 Å². The average Bonchev–Trinajstić information content (AvgIpc) is 2.26. The quantitative estimate of drug-likeness (QED) is 0.434. The predicted octanol–water partition coefficient (Wildman–Crippen LogP) is 1.96. The molecule has 0 aromatic heterocycles. The molecule has 0 aliphatic carbocycles. The predicted molar refractivity (Wildman–Crippen MR) is 59.8 cm³/mol. The molecule has 16 heavy (non-hydrogen) atoms. The van der Waals surface area contributed by atoms with Crippen LogP contribution in [0.15, 0.2) is 24.3 Å². The first-order valence-corrected chi connectivity index (χ1v) is 4.99. The number of carbonyl (C=O) groups excluding carboxylic acids is 1. The first-order valence-electron chi connectivity index (χ1n) is 4.99. The second-order valence-corrected chi connectivity index (χ2v) is 3.80. The Morgan fingerprint density at radius 3 is 2.31 bits per heavy atom. The zero-order chi connectivity index (χ0) is 12.1. The second kappa shape index (κ2) is 5.25. The van der Waals surface area contributed by atoms with Crippen LogP contribution < -0.4 is 0 Å². The molecule has 1 rings (SSSR count). The summed E-state index contributed by atoms with van der Waals surface area (Å²) in [6.45, 7) is 4.30. The van der Waals surface area contributed by atoms with E-state index >= 15 is 0 Å². The van der Waals surface area contributed by atoms with E-state index in [0.717, 1.165) is 12.0 Å². The van der Waals surface area contributed by atoms with Crippen LogP contribution in [-0.4, -0.2) is 22.3 Å². The molecule has 0 atom stereocenters. The Morgan fingerprint density at radius 2 is 1.94 bits per heavy atom. The molecule has 0 spiro atoms. The lowest BCUT2D eigenvalue weighted by Crippen LogP contribution is -2.28. The van der Waals surface area contributed by atoms with Crippen molar-refractivity contribution in [2.75, 3.05) is 0 Å². The normalized spacial score (nSPS) is 10.2. The SMILES string of the molecule is CC(C)N(C=O)Cc1ccc([N+](=O)[O-])cc1. The van der Waals surface area contributed by atoms with Crippen molar-refractivity contribution in [1.82, 2.24) is 4.90 Å². The largest absolute Gasteiger partial charge is 0.339 e. The smallest absolute Gasteiger partial charge is 0.269 e. The maximum atomic E-state index is 10.7. The summed E-state index contributed by atoms with van der Waals surface area (Å²) in [5.41, 5.74) is 0.942. The Kier molecular flexibility index (Phi) is 3.99. The minimum absolute atomic E-state index is 0.0611. The summed E-state index contributed by atoms with van der Waals surface area (Å²) >= 11 is 0. The summed E-state index contributed by atoms with van der Waals surface area (Å²) < 4.78 is 0. The summed E-state index contributed by atoms with van der Waals surface area (Å²) in [6.07, 6.45) is 0.784. The van der Waals surface area contributed by atoms with Gasteiger partial charge in [-0.2, -0.15) is 0 Å². The number of rotatable bonds is 5. The molecule has 0 unspecified atom stereocenters. The lowest BCUT2D eigenvalue weighted by Gasteiger charge is -2.21. The fraction of sp³-hybridized carbons (Fsp3) is 0.364. The van der Waals surface area contributed by atoms with E-state index in [1.165, 1.54) is 12.1 Å². The van der Waals surface area contributed by atoms with Gasteiger partial charge in [0.25, 0.3) is 5.69 Å². The summed E-state index contributed by atoms with van der Waals surface area (Å²) in [5, 5.41) is 10.4. The minimum atomic E-state index is -0.441. The molecule has 5 heteroatoms. The van der Waals surface area contributed by atoms with E-state index < -0.39 is 4.92 Å². The highest BCUT2D eigenvalue weighted by atomic mass is 16.6. The first-order chi connectivity index (χ1) is 7.54. The van der Waals surface area contributed by atoms with Crippen LogP contribution in [0.25, 0.3) is 0 Å². The van der Waals surface area contributed by atoms with Crippen molar-refractivity contribution >= 4 is 12.1 Å². The van der Waals surface area contributed by atoms with Crippen LogP contribution in [0.1, 0.15) is 19.4 Å². The van der Waals surface area contributed by atoms with Gasteiger partial charge in [0.2, 0.25) is 6.41 Å². The van der Waals surface area contributed by atoms with E-state index in [-0.39, 0.29) is 11.7 Å². The van der Waals surface area contributed by atoms with Crippen molar-refractivity contribution in [1.29, 1.82) is 0 Å². The fourth-order valence-corrected chi connectivity index (χ4v) is 1.28. The molecule has 0 radical (unpaired) electrons. The number of hydrogen-bond acceptors (Lipinski definition) is 3. The van der Waals surface area contributed by atoms with Crippen LogP contribution in [0.4, 0.5) is 5.69 Å². The van der Waals surface area contributed by atoms with Gasteiger partial charge >= 0.3 is 0 Å². The van der Waals surface area contributed by atoms with E-state index in [2.05, 4.69) is 0 Å². The number of carbonyl (C=O) groups is 1. The van der Waals surface area contributed by atoms with Gasteiger partial charge in [-0.15, -0.1) is 0 Å².